The number of amides is 1. The summed E-state index contributed by atoms with van der Waals surface area (Å²) >= 11 is 6.77. The molecule has 2 heterocycles. The Kier molecular flexibility index (Phi) is 8.66. The predicted molar refractivity (Wildman–Crippen MR) is 156 cm³/mol. The molecule has 1 amide bonds. The van der Waals surface area contributed by atoms with Crippen molar-refractivity contribution in [3.63, 3.8) is 0 Å². The summed E-state index contributed by atoms with van der Waals surface area (Å²) in [5.74, 6) is 1.15. The molecule has 0 radical (unpaired) electrons. The highest BCUT2D eigenvalue weighted by Gasteiger charge is 2.32. The Morgan fingerprint density at radius 2 is 1.76 bits per heavy atom. The van der Waals surface area contributed by atoms with Crippen molar-refractivity contribution in [1.82, 2.24) is 9.47 Å². The van der Waals surface area contributed by atoms with E-state index in [4.69, 9.17) is 17.0 Å². The van der Waals surface area contributed by atoms with E-state index in [-0.39, 0.29) is 17.0 Å². The van der Waals surface area contributed by atoms with Crippen LogP contribution in [0.5, 0.6) is 5.75 Å². The Hall–Kier alpha value is -3.87. The lowest BCUT2D eigenvalue weighted by molar-refractivity contribution is -0.122. The maximum Gasteiger partial charge on any atom is 0.270 e. The minimum Gasteiger partial charge on any atom is -0.497 e. The Morgan fingerprint density at radius 3 is 2.42 bits per heavy atom. The van der Waals surface area contributed by atoms with E-state index in [1.54, 1.807) is 32.1 Å². The molecule has 194 valence electrons. The Labute approximate surface area is 231 Å². The molecule has 0 atom stereocenters. The number of benzene rings is 2. The second-order valence-corrected chi connectivity index (χ2v) is 10.5. The van der Waals surface area contributed by atoms with Gasteiger partial charge in [-0.15, -0.1) is 0 Å². The molecule has 38 heavy (non-hydrogen) atoms. The van der Waals surface area contributed by atoms with Gasteiger partial charge in [-0.25, -0.2) is 0 Å². The van der Waals surface area contributed by atoms with Gasteiger partial charge in [-0.3, -0.25) is 19.1 Å². The molecule has 1 N–H and O–H groups in total. The van der Waals surface area contributed by atoms with Crippen molar-refractivity contribution in [2.75, 3.05) is 25.5 Å². The van der Waals surface area contributed by atoms with Crippen molar-refractivity contribution in [1.29, 1.82) is 5.26 Å². The first kappa shape index (κ1) is 27.2. The van der Waals surface area contributed by atoms with Crippen molar-refractivity contribution >= 4 is 46.1 Å². The van der Waals surface area contributed by atoms with Crippen LogP contribution in [0.15, 0.2) is 64.3 Å². The molecule has 1 saturated heterocycles. The van der Waals surface area contributed by atoms with E-state index < -0.39 is 0 Å². The molecule has 0 saturated carbocycles. The van der Waals surface area contributed by atoms with E-state index >= 15 is 0 Å². The number of nitrogens with zero attached hydrogens (tertiary/aromatic N) is 3. The summed E-state index contributed by atoms with van der Waals surface area (Å²) < 4.78 is 7.13. The average molecular weight is 545 g/mol. The summed E-state index contributed by atoms with van der Waals surface area (Å²) in [5.41, 5.74) is 3.07. The Morgan fingerprint density at radius 1 is 1.08 bits per heavy atom. The first-order valence-electron chi connectivity index (χ1n) is 12.1. The monoisotopic (exact) mass is 544 g/mol. The van der Waals surface area contributed by atoms with Gasteiger partial charge in [0, 0.05) is 25.7 Å². The smallest absolute Gasteiger partial charge is 0.270 e. The molecule has 3 aromatic rings. The number of hydrogen-bond acceptors (Lipinski definition) is 7. The minimum absolute atomic E-state index is 0.0577. The van der Waals surface area contributed by atoms with Gasteiger partial charge < -0.3 is 10.1 Å². The zero-order chi connectivity index (χ0) is 27.2. The van der Waals surface area contributed by atoms with Gasteiger partial charge >= 0.3 is 0 Å². The fourth-order valence-electron chi connectivity index (χ4n) is 4.27. The van der Waals surface area contributed by atoms with Gasteiger partial charge in [0.25, 0.3) is 11.5 Å². The highest BCUT2D eigenvalue weighted by molar-refractivity contribution is 8.26. The number of thiocarbonyl (C=S) groups is 1. The van der Waals surface area contributed by atoms with Crippen LogP contribution in [-0.2, 0) is 24.7 Å². The van der Waals surface area contributed by atoms with Crippen LogP contribution in [-0.4, -0.2) is 39.9 Å². The summed E-state index contributed by atoms with van der Waals surface area (Å²) in [4.78, 5) is 28.3. The number of nitrogens with one attached hydrogen (secondary N) is 1. The molecule has 1 aromatic heterocycles. The quantitative estimate of drug-likeness (QED) is 0.309. The number of aromatic nitrogens is 1. The lowest BCUT2D eigenvalue weighted by Crippen LogP contribution is -2.30. The molecule has 7 nitrogen and oxygen atoms in total. The van der Waals surface area contributed by atoms with Crippen LogP contribution in [0, 0.1) is 18.3 Å². The van der Waals surface area contributed by atoms with E-state index in [9.17, 15) is 14.9 Å². The maximum atomic E-state index is 13.3. The molecule has 9 heteroatoms. The molecule has 4 rings (SSSR count). The highest BCUT2D eigenvalue weighted by atomic mass is 32.2. The number of carbonyl (C=O) groups is 1. The number of methoxy groups -OCH3 is 1. The molecule has 0 bridgehead atoms. The van der Waals surface area contributed by atoms with Gasteiger partial charge in [-0.2, -0.15) is 5.26 Å². The number of rotatable bonds is 9. The summed E-state index contributed by atoms with van der Waals surface area (Å²) in [6, 6.07) is 19.8. The van der Waals surface area contributed by atoms with E-state index in [0.717, 1.165) is 23.3 Å². The lowest BCUT2D eigenvalue weighted by Gasteiger charge is -2.18. The summed E-state index contributed by atoms with van der Waals surface area (Å²) in [7, 11) is 3.25. The van der Waals surface area contributed by atoms with Crippen molar-refractivity contribution in [2.24, 2.45) is 7.05 Å². The van der Waals surface area contributed by atoms with Gasteiger partial charge in [0.15, 0.2) is 0 Å². The third-order valence-corrected chi connectivity index (χ3v) is 7.86. The van der Waals surface area contributed by atoms with Crippen LogP contribution in [0.4, 0.5) is 5.82 Å². The number of thioether (sulfide) groups is 1. The first-order valence-corrected chi connectivity index (χ1v) is 13.4. The second kappa shape index (κ2) is 12.1. The van der Waals surface area contributed by atoms with Crippen LogP contribution >= 0.6 is 24.0 Å². The molecule has 1 fully saturated rings. The fourth-order valence-corrected chi connectivity index (χ4v) is 5.56. The van der Waals surface area contributed by atoms with Gasteiger partial charge in [0.05, 0.1) is 12.0 Å². The summed E-state index contributed by atoms with van der Waals surface area (Å²) in [6.45, 7) is 2.76. The standard InChI is InChI=1S/C29H28N4O3S2/c1-19-23(26(32(2)27(34)24(19)18-30)31-15-13-20-7-5-4-6-8-20)17-25-28(35)33(29(37)38-25)16-14-21-9-11-22(36-3)12-10-21/h4-12,17,31H,13-16H2,1-3H3/b25-17+. The van der Waals surface area contributed by atoms with Gasteiger partial charge in [0.2, 0.25) is 0 Å². The molecular formula is C29H28N4O3S2. The Balaban J connectivity index is 1.59. The predicted octanol–water partition coefficient (Wildman–Crippen LogP) is 4.67. The van der Waals surface area contributed by atoms with E-state index in [2.05, 4.69) is 5.32 Å². The summed E-state index contributed by atoms with van der Waals surface area (Å²) in [6.07, 6.45) is 3.14. The SMILES string of the molecule is COc1ccc(CCN2C(=O)/C(=C\c3c(C)c(C#N)c(=O)n(C)c3NCCc3ccccc3)SC2=S)cc1. The largest absolute Gasteiger partial charge is 0.497 e. The number of pyridine rings is 1. The van der Waals surface area contributed by atoms with Gasteiger partial charge in [-0.05, 0) is 54.7 Å². The number of hydrogen-bond donors (Lipinski definition) is 1. The van der Waals surface area contributed by atoms with Crippen molar-refractivity contribution in [3.8, 4) is 11.8 Å². The van der Waals surface area contributed by atoms with E-state index in [0.29, 0.717) is 45.7 Å². The number of nitriles is 1. The third-order valence-electron chi connectivity index (χ3n) is 6.48. The highest BCUT2D eigenvalue weighted by Crippen LogP contribution is 2.35. The summed E-state index contributed by atoms with van der Waals surface area (Å²) in [5, 5.41) is 13.0. The third kappa shape index (κ3) is 5.82. The molecular weight excluding hydrogens is 516 g/mol. The van der Waals surface area contributed by atoms with Gasteiger partial charge in [0.1, 0.15) is 27.5 Å². The zero-order valence-corrected chi connectivity index (χ0v) is 23.1. The van der Waals surface area contributed by atoms with Crippen LogP contribution in [0.3, 0.4) is 0 Å². The van der Waals surface area contributed by atoms with Crippen LogP contribution in [0.25, 0.3) is 6.08 Å². The fraction of sp³-hybridized carbons (Fsp3) is 0.241. The average Bonchev–Trinajstić information content (AvgIpc) is 3.20. The number of ether oxygens (including phenoxy) is 1. The number of carbonyl (C=O) groups excluding carboxylic acids is 1. The van der Waals surface area contributed by atoms with E-state index in [1.165, 1.54) is 16.3 Å². The van der Waals surface area contributed by atoms with Crippen molar-refractivity contribution in [3.05, 3.63) is 97.7 Å². The molecule has 2 aromatic carbocycles. The van der Waals surface area contributed by atoms with Crippen LogP contribution in [0.1, 0.15) is 27.8 Å². The second-order valence-electron chi connectivity index (χ2n) is 8.83. The van der Waals surface area contributed by atoms with Crippen molar-refractivity contribution < 1.29 is 9.53 Å². The normalized spacial score (nSPS) is 14.2. The minimum atomic E-state index is -0.378. The maximum absolute atomic E-state index is 13.3. The van der Waals surface area contributed by atoms with Gasteiger partial charge in [-0.1, -0.05) is 66.4 Å². The van der Waals surface area contributed by atoms with Crippen molar-refractivity contribution in [2.45, 2.75) is 19.8 Å². The molecule has 0 spiro atoms. The molecule has 1 aliphatic rings. The first-order chi connectivity index (χ1) is 18.3. The molecule has 1 aliphatic heterocycles. The van der Waals surface area contributed by atoms with Crippen LogP contribution in [0.2, 0.25) is 0 Å². The molecule has 0 aliphatic carbocycles. The number of anilines is 1. The Bertz CT molecular complexity index is 1490. The zero-order valence-electron chi connectivity index (χ0n) is 21.5. The lowest BCUT2D eigenvalue weighted by atomic mass is 10.0. The topological polar surface area (TPSA) is 87.4 Å². The van der Waals surface area contributed by atoms with E-state index in [1.807, 2.05) is 60.7 Å². The molecule has 0 unspecified atom stereocenters. The van der Waals surface area contributed by atoms with Crippen LogP contribution < -0.4 is 15.6 Å².